The number of nitrogens with zero attached hydrogens (tertiary/aromatic N) is 2. The number of carboxylic acid groups (broad SMARTS) is 1. The van der Waals surface area contributed by atoms with E-state index >= 15 is 0 Å². The summed E-state index contributed by atoms with van der Waals surface area (Å²) in [6, 6.07) is 7.32. The molecule has 1 heterocycles. The Morgan fingerprint density at radius 1 is 1.30 bits per heavy atom. The van der Waals surface area contributed by atoms with Gasteiger partial charge in [0.05, 0.1) is 12.5 Å². The molecule has 1 saturated carbocycles. The average molecular weight is 373 g/mol. The lowest BCUT2D eigenvalue weighted by molar-refractivity contribution is -0.141. The molecule has 1 aromatic heterocycles. The molecule has 0 saturated heterocycles. The minimum absolute atomic E-state index is 0.0688. The molecule has 0 spiro atoms. The van der Waals surface area contributed by atoms with Crippen molar-refractivity contribution in [3.8, 4) is 17.1 Å². The lowest BCUT2D eigenvalue weighted by Gasteiger charge is -2.11. The van der Waals surface area contributed by atoms with Crippen molar-refractivity contribution < 1.29 is 24.0 Å². The van der Waals surface area contributed by atoms with E-state index in [1.165, 1.54) is 0 Å². The van der Waals surface area contributed by atoms with Crippen LogP contribution in [0.15, 0.2) is 28.8 Å². The summed E-state index contributed by atoms with van der Waals surface area (Å²) in [5.74, 6) is 0.352. The Morgan fingerprint density at radius 2 is 2.07 bits per heavy atom. The molecule has 0 aliphatic heterocycles. The van der Waals surface area contributed by atoms with Crippen molar-refractivity contribution in [3.63, 3.8) is 0 Å². The number of aliphatic carboxylic acids is 1. The van der Waals surface area contributed by atoms with Crippen LogP contribution < -0.4 is 10.1 Å². The van der Waals surface area contributed by atoms with Crippen molar-refractivity contribution in [2.24, 2.45) is 5.92 Å². The largest absolute Gasteiger partial charge is 0.494 e. The second kappa shape index (κ2) is 8.66. The van der Waals surface area contributed by atoms with Gasteiger partial charge in [-0.25, -0.2) is 0 Å². The summed E-state index contributed by atoms with van der Waals surface area (Å²) in [6.07, 6.45) is 2.36. The number of nitrogens with one attached hydrogen (secondary N) is 1. The van der Waals surface area contributed by atoms with Crippen molar-refractivity contribution in [1.29, 1.82) is 0 Å². The molecule has 0 unspecified atom stereocenters. The fourth-order valence-corrected chi connectivity index (χ4v) is 3.20. The minimum Gasteiger partial charge on any atom is -0.494 e. The predicted molar refractivity (Wildman–Crippen MR) is 96.1 cm³/mol. The highest BCUT2D eigenvalue weighted by Gasteiger charge is 2.30. The molecule has 1 aromatic carbocycles. The van der Waals surface area contributed by atoms with Crippen molar-refractivity contribution in [3.05, 3.63) is 30.2 Å². The van der Waals surface area contributed by atoms with Crippen molar-refractivity contribution in [1.82, 2.24) is 15.5 Å². The van der Waals surface area contributed by atoms with Crippen LogP contribution in [-0.2, 0) is 16.0 Å². The number of hydrogen-bond acceptors (Lipinski definition) is 6. The first kappa shape index (κ1) is 18.9. The molecule has 1 fully saturated rings. The summed E-state index contributed by atoms with van der Waals surface area (Å²) in [4.78, 5) is 27.3. The number of carbonyl (C=O) groups is 2. The van der Waals surface area contributed by atoms with Crippen LogP contribution in [0, 0.1) is 5.92 Å². The van der Waals surface area contributed by atoms with Gasteiger partial charge in [-0.2, -0.15) is 4.98 Å². The summed E-state index contributed by atoms with van der Waals surface area (Å²) >= 11 is 0. The van der Waals surface area contributed by atoms with Gasteiger partial charge in [0, 0.05) is 24.4 Å². The summed E-state index contributed by atoms with van der Waals surface area (Å²) in [5.41, 5.74) is 0.809. The minimum atomic E-state index is -0.792. The van der Waals surface area contributed by atoms with Crippen LogP contribution in [0.4, 0.5) is 0 Å². The van der Waals surface area contributed by atoms with Gasteiger partial charge in [-0.15, -0.1) is 0 Å². The molecule has 8 nitrogen and oxygen atoms in total. The first-order chi connectivity index (χ1) is 13.0. The number of carboxylic acids is 1. The van der Waals surface area contributed by atoms with Gasteiger partial charge in [-0.3, -0.25) is 9.59 Å². The third-order valence-corrected chi connectivity index (χ3v) is 4.60. The highest BCUT2D eigenvalue weighted by Crippen LogP contribution is 2.25. The summed E-state index contributed by atoms with van der Waals surface area (Å²) in [6.45, 7) is 2.53. The molecule has 1 aliphatic carbocycles. The molecular formula is C19H23N3O5. The van der Waals surface area contributed by atoms with E-state index in [2.05, 4.69) is 15.5 Å². The normalized spacial score (nSPS) is 19.0. The standard InChI is InChI=1S/C19H23N3O5/c1-2-26-15-7-4-12(5-8-15)18-21-17(27-22-18)10-9-16(23)20-14-6-3-13(11-14)19(24)25/h4-5,7-8,13-14H,2-3,6,9-11H2,1H3,(H,20,23)(H,24,25)/t13-,14+/m0/s1. The Labute approximate surface area is 156 Å². The molecule has 2 atom stereocenters. The van der Waals surface area contributed by atoms with Crippen LogP contribution >= 0.6 is 0 Å². The van der Waals surface area contributed by atoms with E-state index in [9.17, 15) is 9.59 Å². The molecule has 2 aromatic rings. The third-order valence-electron chi connectivity index (χ3n) is 4.60. The van der Waals surface area contributed by atoms with Crippen LogP contribution in [0.5, 0.6) is 5.75 Å². The number of carbonyl (C=O) groups excluding carboxylic acids is 1. The van der Waals surface area contributed by atoms with E-state index in [0.29, 0.717) is 44.0 Å². The van der Waals surface area contributed by atoms with Gasteiger partial charge in [-0.1, -0.05) is 5.16 Å². The van der Waals surface area contributed by atoms with E-state index < -0.39 is 5.97 Å². The van der Waals surface area contributed by atoms with Crippen LogP contribution in [0.25, 0.3) is 11.4 Å². The third kappa shape index (κ3) is 5.06. The van der Waals surface area contributed by atoms with Gasteiger partial charge in [0.25, 0.3) is 0 Å². The molecule has 8 heteroatoms. The molecule has 3 rings (SSSR count). The first-order valence-electron chi connectivity index (χ1n) is 9.13. The number of hydrogen-bond donors (Lipinski definition) is 2. The van der Waals surface area contributed by atoms with Crippen LogP contribution in [-0.4, -0.2) is 39.8 Å². The second-order valence-electron chi connectivity index (χ2n) is 6.58. The zero-order valence-corrected chi connectivity index (χ0v) is 15.2. The Bertz CT molecular complexity index is 787. The Morgan fingerprint density at radius 3 is 2.74 bits per heavy atom. The molecule has 1 aliphatic rings. The summed E-state index contributed by atoms with van der Waals surface area (Å²) in [5, 5.41) is 15.8. The maximum absolute atomic E-state index is 12.1. The number of aromatic nitrogens is 2. The topological polar surface area (TPSA) is 115 Å². The van der Waals surface area contributed by atoms with E-state index in [4.69, 9.17) is 14.4 Å². The van der Waals surface area contributed by atoms with Gasteiger partial charge in [0.2, 0.25) is 17.6 Å². The fourth-order valence-electron chi connectivity index (χ4n) is 3.20. The Kier molecular flexibility index (Phi) is 6.05. The zero-order valence-electron chi connectivity index (χ0n) is 15.2. The van der Waals surface area contributed by atoms with Gasteiger partial charge < -0.3 is 19.7 Å². The lowest BCUT2D eigenvalue weighted by Crippen LogP contribution is -2.33. The molecular weight excluding hydrogens is 350 g/mol. The molecule has 0 bridgehead atoms. The molecule has 1 amide bonds. The lowest BCUT2D eigenvalue weighted by atomic mass is 10.1. The van der Waals surface area contributed by atoms with Gasteiger partial charge in [-0.05, 0) is 50.5 Å². The first-order valence-corrected chi connectivity index (χ1v) is 9.13. The molecule has 144 valence electrons. The number of benzene rings is 1. The predicted octanol–water partition coefficient (Wildman–Crippen LogP) is 2.44. The van der Waals surface area contributed by atoms with Crippen LogP contribution in [0.1, 0.15) is 38.5 Å². The summed E-state index contributed by atoms with van der Waals surface area (Å²) < 4.78 is 10.6. The van der Waals surface area contributed by atoms with Gasteiger partial charge in [0.1, 0.15) is 5.75 Å². The molecule has 0 radical (unpaired) electrons. The van der Waals surface area contributed by atoms with Crippen LogP contribution in [0.3, 0.4) is 0 Å². The van der Waals surface area contributed by atoms with Crippen molar-refractivity contribution in [2.45, 2.75) is 45.1 Å². The number of aryl methyl sites for hydroxylation is 1. The Hall–Kier alpha value is -2.90. The fraction of sp³-hybridized carbons (Fsp3) is 0.474. The number of ether oxygens (including phenoxy) is 1. The van der Waals surface area contributed by atoms with E-state index in [1.807, 2.05) is 31.2 Å². The highest BCUT2D eigenvalue weighted by molar-refractivity contribution is 5.77. The second-order valence-corrected chi connectivity index (χ2v) is 6.58. The maximum Gasteiger partial charge on any atom is 0.306 e. The summed E-state index contributed by atoms with van der Waals surface area (Å²) in [7, 11) is 0. The quantitative estimate of drug-likeness (QED) is 0.730. The zero-order chi connectivity index (χ0) is 19.2. The SMILES string of the molecule is CCOc1ccc(-c2noc(CCC(=O)N[C@@H]3CC[C@H](C(=O)O)C3)n2)cc1. The van der Waals surface area contributed by atoms with E-state index in [1.54, 1.807) is 0 Å². The van der Waals surface area contributed by atoms with Crippen molar-refractivity contribution in [2.75, 3.05) is 6.61 Å². The van der Waals surface area contributed by atoms with Crippen LogP contribution in [0.2, 0.25) is 0 Å². The smallest absolute Gasteiger partial charge is 0.306 e. The highest BCUT2D eigenvalue weighted by atomic mass is 16.5. The molecule has 2 N–H and O–H groups in total. The van der Waals surface area contributed by atoms with E-state index in [0.717, 1.165) is 11.3 Å². The monoisotopic (exact) mass is 373 g/mol. The maximum atomic E-state index is 12.1. The van der Waals surface area contributed by atoms with E-state index in [-0.39, 0.29) is 24.3 Å². The van der Waals surface area contributed by atoms with Crippen molar-refractivity contribution >= 4 is 11.9 Å². The van der Waals surface area contributed by atoms with Gasteiger partial charge >= 0.3 is 5.97 Å². The number of rotatable bonds is 8. The molecule has 27 heavy (non-hydrogen) atoms. The Balaban J connectivity index is 1.48. The average Bonchev–Trinajstić information content (AvgIpc) is 3.30. The van der Waals surface area contributed by atoms with Gasteiger partial charge in [0.15, 0.2) is 0 Å². The number of amides is 1.